The van der Waals surface area contributed by atoms with Crippen LogP contribution in [-0.4, -0.2) is 65.0 Å². The van der Waals surface area contributed by atoms with Gasteiger partial charge in [0.15, 0.2) is 5.78 Å². The number of ketones is 1. The molecular formula is C27H31N3O4. The Balaban J connectivity index is 1.46. The van der Waals surface area contributed by atoms with E-state index in [-0.39, 0.29) is 48.6 Å². The monoisotopic (exact) mass is 461 g/mol. The predicted molar refractivity (Wildman–Crippen MR) is 128 cm³/mol. The zero-order valence-corrected chi connectivity index (χ0v) is 19.6. The zero-order valence-electron chi connectivity index (χ0n) is 19.6. The van der Waals surface area contributed by atoms with Crippen LogP contribution in [0.2, 0.25) is 0 Å². The molecular weight excluding hydrogens is 430 g/mol. The Labute approximate surface area is 200 Å². The maximum atomic E-state index is 13.6. The summed E-state index contributed by atoms with van der Waals surface area (Å²) in [7, 11) is 0. The van der Waals surface area contributed by atoms with Crippen molar-refractivity contribution in [1.29, 1.82) is 0 Å². The third-order valence-electron chi connectivity index (χ3n) is 6.64. The van der Waals surface area contributed by atoms with Gasteiger partial charge in [0, 0.05) is 24.2 Å². The second-order valence-electron chi connectivity index (χ2n) is 9.50. The average Bonchev–Trinajstić information content (AvgIpc) is 3.43. The quantitative estimate of drug-likeness (QED) is 0.687. The summed E-state index contributed by atoms with van der Waals surface area (Å²) in [6, 6.07) is 16.9. The van der Waals surface area contributed by atoms with E-state index in [9.17, 15) is 19.2 Å². The first-order valence-corrected chi connectivity index (χ1v) is 11.9. The minimum Gasteiger partial charge on any atom is -0.351 e. The summed E-state index contributed by atoms with van der Waals surface area (Å²) in [6.45, 7) is 4.73. The van der Waals surface area contributed by atoms with Crippen LogP contribution in [0.15, 0.2) is 60.7 Å². The van der Waals surface area contributed by atoms with E-state index in [0.29, 0.717) is 30.5 Å². The summed E-state index contributed by atoms with van der Waals surface area (Å²) in [5.74, 6) is -0.814. The number of Topliss-reactive ketones (excluding diaryl/α,β-unsaturated/α-hetero) is 1. The molecule has 0 unspecified atom stereocenters. The van der Waals surface area contributed by atoms with Crippen molar-refractivity contribution in [3.8, 4) is 0 Å². The molecule has 2 aliphatic rings. The van der Waals surface area contributed by atoms with Crippen molar-refractivity contribution >= 4 is 23.5 Å². The highest BCUT2D eigenvalue weighted by Gasteiger charge is 2.52. The number of likely N-dealkylation sites (tertiary alicyclic amines) is 2. The molecule has 1 N–H and O–H groups in total. The zero-order chi connectivity index (χ0) is 24.2. The Morgan fingerprint density at radius 2 is 1.56 bits per heavy atom. The SMILES string of the molecule is CC(C)C[C@@H](CNC(=O)c1ccccc1)C(=O)N1CC[C@@H]2[C@H]1C(=O)CN2C(=O)c1ccccc1. The molecule has 0 bridgehead atoms. The van der Waals surface area contributed by atoms with E-state index in [2.05, 4.69) is 5.32 Å². The number of hydrogen-bond donors (Lipinski definition) is 1. The Morgan fingerprint density at radius 1 is 0.941 bits per heavy atom. The summed E-state index contributed by atoms with van der Waals surface area (Å²) < 4.78 is 0. The molecule has 0 radical (unpaired) electrons. The largest absolute Gasteiger partial charge is 0.351 e. The molecule has 2 aromatic carbocycles. The molecule has 0 saturated carbocycles. The van der Waals surface area contributed by atoms with Crippen LogP contribution in [0.5, 0.6) is 0 Å². The molecule has 34 heavy (non-hydrogen) atoms. The number of carbonyl (C=O) groups excluding carboxylic acids is 4. The molecule has 2 heterocycles. The summed E-state index contributed by atoms with van der Waals surface area (Å²) in [5, 5.41) is 2.89. The Hall–Kier alpha value is -3.48. The van der Waals surface area contributed by atoms with Gasteiger partial charge in [0.25, 0.3) is 11.8 Å². The molecule has 2 saturated heterocycles. The van der Waals surface area contributed by atoms with E-state index in [1.807, 2.05) is 26.0 Å². The van der Waals surface area contributed by atoms with Gasteiger partial charge in [-0.2, -0.15) is 0 Å². The molecule has 4 rings (SSSR count). The number of nitrogens with zero attached hydrogens (tertiary/aromatic N) is 2. The first-order valence-electron chi connectivity index (χ1n) is 11.9. The second kappa shape index (κ2) is 10.2. The third kappa shape index (κ3) is 4.88. The van der Waals surface area contributed by atoms with E-state index in [0.717, 1.165) is 0 Å². The Morgan fingerprint density at radius 3 is 2.18 bits per heavy atom. The minimum absolute atomic E-state index is 0.0203. The van der Waals surface area contributed by atoms with Gasteiger partial charge in [-0.25, -0.2) is 0 Å². The summed E-state index contributed by atoms with van der Waals surface area (Å²) in [6.07, 6.45) is 1.17. The lowest BCUT2D eigenvalue weighted by molar-refractivity contribution is -0.140. The number of nitrogens with one attached hydrogen (secondary N) is 1. The fourth-order valence-corrected chi connectivity index (χ4v) is 5.07. The predicted octanol–water partition coefficient (Wildman–Crippen LogP) is 2.77. The van der Waals surface area contributed by atoms with Gasteiger partial charge in [-0.15, -0.1) is 0 Å². The van der Waals surface area contributed by atoms with Gasteiger partial charge < -0.3 is 15.1 Å². The van der Waals surface area contributed by atoms with Crippen LogP contribution in [0.25, 0.3) is 0 Å². The second-order valence-corrected chi connectivity index (χ2v) is 9.50. The first-order chi connectivity index (χ1) is 16.4. The van der Waals surface area contributed by atoms with E-state index < -0.39 is 12.0 Å². The van der Waals surface area contributed by atoms with Gasteiger partial charge in [0.05, 0.1) is 18.5 Å². The number of amides is 3. The van der Waals surface area contributed by atoms with Crippen molar-refractivity contribution in [2.75, 3.05) is 19.6 Å². The van der Waals surface area contributed by atoms with E-state index in [1.165, 1.54) is 0 Å². The smallest absolute Gasteiger partial charge is 0.254 e. The molecule has 178 valence electrons. The van der Waals surface area contributed by atoms with Gasteiger partial charge in [0.1, 0.15) is 6.04 Å². The van der Waals surface area contributed by atoms with Crippen molar-refractivity contribution in [2.24, 2.45) is 11.8 Å². The van der Waals surface area contributed by atoms with Gasteiger partial charge in [-0.05, 0) is 43.0 Å². The summed E-state index contributed by atoms with van der Waals surface area (Å²) in [5.41, 5.74) is 1.09. The van der Waals surface area contributed by atoms with Gasteiger partial charge >= 0.3 is 0 Å². The minimum atomic E-state index is -0.611. The maximum Gasteiger partial charge on any atom is 0.254 e. The molecule has 0 aliphatic carbocycles. The van der Waals surface area contributed by atoms with Gasteiger partial charge in [0.2, 0.25) is 5.91 Å². The number of benzene rings is 2. The molecule has 2 aromatic rings. The normalized spacial score (nSPS) is 20.4. The molecule has 0 aromatic heterocycles. The molecule has 7 nitrogen and oxygen atoms in total. The highest BCUT2D eigenvalue weighted by atomic mass is 16.2. The number of fused-ring (bicyclic) bond motifs is 1. The van der Waals surface area contributed by atoms with Crippen LogP contribution < -0.4 is 5.32 Å². The van der Waals surface area contributed by atoms with Crippen LogP contribution >= 0.6 is 0 Å². The third-order valence-corrected chi connectivity index (χ3v) is 6.64. The molecule has 3 amide bonds. The van der Waals surface area contributed by atoms with Crippen LogP contribution in [0.1, 0.15) is 47.4 Å². The molecule has 2 aliphatic heterocycles. The molecule has 3 atom stereocenters. The first kappa shape index (κ1) is 23.7. The maximum absolute atomic E-state index is 13.6. The van der Waals surface area contributed by atoms with E-state index >= 15 is 0 Å². The highest BCUT2D eigenvalue weighted by Crippen LogP contribution is 2.32. The lowest BCUT2D eigenvalue weighted by Gasteiger charge is -2.29. The lowest BCUT2D eigenvalue weighted by atomic mass is 9.95. The average molecular weight is 462 g/mol. The number of carbonyl (C=O) groups is 4. The number of hydrogen-bond acceptors (Lipinski definition) is 4. The van der Waals surface area contributed by atoms with E-state index in [1.54, 1.807) is 58.3 Å². The Bertz CT molecular complexity index is 1050. The van der Waals surface area contributed by atoms with Crippen molar-refractivity contribution in [3.05, 3.63) is 71.8 Å². The van der Waals surface area contributed by atoms with Crippen molar-refractivity contribution in [1.82, 2.24) is 15.1 Å². The van der Waals surface area contributed by atoms with E-state index in [4.69, 9.17) is 0 Å². The topological polar surface area (TPSA) is 86.8 Å². The van der Waals surface area contributed by atoms with Gasteiger partial charge in [-0.1, -0.05) is 50.2 Å². The summed E-state index contributed by atoms with van der Waals surface area (Å²) in [4.78, 5) is 55.4. The fraction of sp³-hybridized carbons (Fsp3) is 0.407. The molecule has 0 spiro atoms. The standard InChI is InChI=1S/C27H31N3O4/c1-18(2)15-21(16-28-25(32)19-9-5-3-6-10-19)27(34)29-14-13-22-24(29)23(31)17-30(22)26(33)20-11-7-4-8-12-20/h3-12,18,21-22,24H,13-17H2,1-2H3,(H,28,32)/t21-,22+,24-/m0/s1. The van der Waals surface area contributed by atoms with Crippen molar-refractivity contribution in [3.63, 3.8) is 0 Å². The van der Waals surface area contributed by atoms with Gasteiger partial charge in [-0.3, -0.25) is 19.2 Å². The lowest BCUT2D eigenvalue weighted by Crippen LogP contribution is -2.48. The van der Waals surface area contributed by atoms with Crippen LogP contribution in [0, 0.1) is 11.8 Å². The molecule has 2 fully saturated rings. The highest BCUT2D eigenvalue weighted by molar-refractivity contribution is 6.02. The Kier molecular flexibility index (Phi) is 7.10. The summed E-state index contributed by atoms with van der Waals surface area (Å²) >= 11 is 0. The van der Waals surface area contributed by atoms with Crippen LogP contribution in [0.3, 0.4) is 0 Å². The van der Waals surface area contributed by atoms with Crippen molar-refractivity contribution < 1.29 is 19.2 Å². The van der Waals surface area contributed by atoms with Crippen molar-refractivity contribution in [2.45, 2.75) is 38.8 Å². The van der Waals surface area contributed by atoms with Crippen LogP contribution in [0.4, 0.5) is 0 Å². The van der Waals surface area contributed by atoms with Crippen LogP contribution in [-0.2, 0) is 9.59 Å². The molecule has 7 heteroatoms. The fourth-order valence-electron chi connectivity index (χ4n) is 5.07. The number of rotatable bonds is 7.